The Morgan fingerprint density at radius 1 is 0.923 bits per heavy atom. The molecule has 0 unspecified atom stereocenters. The van der Waals surface area contributed by atoms with Gasteiger partial charge >= 0.3 is 5.97 Å². The number of hydrogen-bond acceptors (Lipinski definition) is 8. The summed E-state index contributed by atoms with van der Waals surface area (Å²) in [5, 5.41) is 0.373. The molecule has 1 aliphatic rings. The van der Waals surface area contributed by atoms with Gasteiger partial charge in [0.2, 0.25) is 5.43 Å². The van der Waals surface area contributed by atoms with Gasteiger partial charge in [-0.05, 0) is 60.0 Å². The van der Waals surface area contributed by atoms with Crippen LogP contribution in [-0.2, 0) is 4.79 Å². The Balaban J connectivity index is 1.63. The third kappa shape index (κ3) is 4.81. The molecule has 1 atom stereocenters. The summed E-state index contributed by atoms with van der Waals surface area (Å²) in [5.74, 6) is 1.68. The molecular weight excluding hydrogens is 500 g/mol. The van der Waals surface area contributed by atoms with Crippen LogP contribution in [0.3, 0.4) is 0 Å². The maximum atomic E-state index is 13.7. The maximum absolute atomic E-state index is 13.7. The van der Waals surface area contributed by atoms with Crippen LogP contribution < -0.4 is 29.1 Å². The average Bonchev–Trinajstić information content (AvgIpc) is 2.95. The molecular formula is C31H28O8. The normalized spacial score (nSPS) is 14.4. The molecule has 2 heterocycles. The molecule has 4 aromatic rings. The first-order valence-electron chi connectivity index (χ1n) is 12.3. The zero-order chi connectivity index (χ0) is 27.7. The van der Waals surface area contributed by atoms with E-state index in [1.54, 1.807) is 50.6 Å². The van der Waals surface area contributed by atoms with Gasteiger partial charge in [0.1, 0.15) is 24.2 Å². The monoisotopic (exact) mass is 528 g/mol. The molecule has 0 saturated carbocycles. The lowest BCUT2D eigenvalue weighted by Crippen LogP contribution is -2.22. The van der Waals surface area contributed by atoms with E-state index in [-0.39, 0.29) is 17.8 Å². The molecule has 3 aromatic carbocycles. The number of esters is 1. The molecule has 0 saturated heterocycles. The maximum Gasteiger partial charge on any atom is 0.312 e. The van der Waals surface area contributed by atoms with Crippen LogP contribution in [0, 0.1) is 0 Å². The van der Waals surface area contributed by atoms with Gasteiger partial charge in [-0.2, -0.15) is 0 Å². The summed E-state index contributed by atoms with van der Waals surface area (Å²) in [5.41, 5.74) is 3.43. The van der Waals surface area contributed by atoms with Crippen molar-refractivity contribution in [3.63, 3.8) is 0 Å². The number of fused-ring (bicyclic) bond motifs is 3. The summed E-state index contributed by atoms with van der Waals surface area (Å²) in [4.78, 5) is 26.2. The molecule has 1 aliphatic heterocycles. The van der Waals surface area contributed by atoms with E-state index in [0.717, 1.165) is 11.1 Å². The van der Waals surface area contributed by atoms with Crippen molar-refractivity contribution >= 4 is 16.9 Å². The van der Waals surface area contributed by atoms with Crippen molar-refractivity contribution in [1.82, 2.24) is 0 Å². The molecule has 5 rings (SSSR count). The highest BCUT2D eigenvalue weighted by Gasteiger charge is 2.33. The quantitative estimate of drug-likeness (QED) is 0.159. The van der Waals surface area contributed by atoms with E-state index in [0.29, 0.717) is 63.0 Å². The van der Waals surface area contributed by atoms with Crippen molar-refractivity contribution in [2.45, 2.75) is 19.3 Å². The largest absolute Gasteiger partial charge is 0.493 e. The minimum atomic E-state index is -0.427. The molecule has 0 spiro atoms. The summed E-state index contributed by atoms with van der Waals surface area (Å²) in [6.45, 7) is 6.09. The summed E-state index contributed by atoms with van der Waals surface area (Å²) < 4.78 is 33.7. The highest BCUT2D eigenvalue weighted by atomic mass is 16.5. The van der Waals surface area contributed by atoms with Crippen LogP contribution in [0.15, 0.2) is 76.2 Å². The fraction of sp³-hybridized carbons (Fsp3) is 0.226. The molecule has 0 aliphatic carbocycles. The Morgan fingerprint density at radius 3 is 2.36 bits per heavy atom. The number of carbonyl (C=O) groups excluding carboxylic acids is 1. The smallest absolute Gasteiger partial charge is 0.312 e. The van der Waals surface area contributed by atoms with Crippen molar-refractivity contribution in [2.75, 3.05) is 27.9 Å². The number of rotatable bonds is 8. The van der Waals surface area contributed by atoms with Crippen LogP contribution in [0.25, 0.3) is 22.1 Å². The second-order valence-corrected chi connectivity index (χ2v) is 9.29. The zero-order valence-electron chi connectivity index (χ0n) is 22.2. The van der Waals surface area contributed by atoms with Gasteiger partial charge in [-0.3, -0.25) is 9.59 Å². The Kier molecular flexibility index (Phi) is 7.02. The minimum Gasteiger partial charge on any atom is -0.493 e. The first-order valence-corrected chi connectivity index (χ1v) is 12.3. The molecule has 39 heavy (non-hydrogen) atoms. The van der Waals surface area contributed by atoms with Crippen molar-refractivity contribution in [1.29, 1.82) is 0 Å². The molecule has 0 bridgehead atoms. The molecule has 0 N–H and O–H groups in total. The number of ether oxygens (including phenoxy) is 5. The van der Waals surface area contributed by atoms with E-state index in [2.05, 4.69) is 6.58 Å². The van der Waals surface area contributed by atoms with E-state index in [4.69, 9.17) is 28.1 Å². The first-order chi connectivity index (χ1) is 18.8. The van der Waals surface area contributed by atoms with Gasteiger partial charge in [-0.25, -0.2) is 0 Å². The van der Waals surface area contributed by atoms with Gasteiger partial charge in [0, 0.05) is 11.5 Å². The number of benzene rings is 3. The fourth-order valence-corrected chi connectivity index (χ4v) is 4.76. The van der Waals surface area contributed by atoms with Gasteiger partial charge in [0.05, 0.1) is 38.7 Å². The third-order valence-corrected chi connectivity index (χ3v) is 6.64. The van der Waals surface area contributed by atoms with Crippen LogP contribution in [0.1, 0.15) is 30.4 Å². The van der Waals surface area contributed by atoms with Crippen molar-refractivity contribution < 1.29 is 32.9 Å². The summed E-state index contributed by atoms with van der Waals surface area (Å²) in [6.07, 6.45) is 1.50. The molecule has 0 amide bonds. The van der Waals surface area contributed by atoms with E-state index in [1.807, 2.05) is 19.1 Å². The van der Waals surface area contributed by atoms with Crippen molar-refractivity contribution in [3.05, 3.63) is 88.3 Å². The predicted octanol–water partition coefficient (Wildman–Crippen LogP) is 5.88. The number of methoxy groups -OCH3 is 3. The van der Waals surface area contributed by atoms with Gasteiger partial charge in [-0.15, -0.1) is 0 Å². The summed E-state index contributed by atoms with van der Waals surface area (Å²) >= 11 is 0. The molecule has 0 fully saturated rings. The Hall–Kier alpha value is -4.72. The molecule has 1 aromatic heterocycles. The summed E-state index contributed by atoms with van der Waals surface area (Å²) in [6, 6.07) is 14.0. The second-order valence-electron chi connectivity index (χ2n) is 9.29. The Bertz CT molecular complexity index is 1650. The van der Waals surface area contributed by atoms with Crippen LogP contribution in [0.2, 0.25) is 0 Å². The van der Waals surface area contributed by atoms with Crippen molar-refractivity contribution in [2.24, 2.45) is 0 Å². The minimum absolute atomic E-state index is 0.0718. The second kappa shape index (κ2) is 10.6. The molecule has 8 nitrogen and oxygen atoms in total. The Morgan fingerprint density at radius 2 is 1.64 bits per heavy atom. The average molecular weight is 529 g/mol. The zero-order valence-corrected chi connectivity index (χ0v) is 22.2. The highest BCUT2D eigenvalue weighted by molar-refractivity contribution is 5.90. The Labute approximate surface area is 225 Å². The van der Waals surface area contributed by atoms with Gasteiger partial charge in [-0.1, -0.05) is 18.7 Å². The standard InChI is InChI=1S/C31H28O8/c1-17(2)15-37-24-10-7-18(12-27(24)36-5)21-14-28(32)39-25-11-8-20-30(33)22(16-38-31(20)29(21)25)19-6-9-23(34-3)26(13-19)35-4/h6-13,16,21H,1,14-15H2,2-5H3/t21-/m0/s1. The summed E-state index contributed by atoms with van der Waals surface area (Å²) in [7, 11) is 4.64. The lowest BCUT2D eigenvalue weighted by atomic mass is 9.85. The van der Waals surface area contributed by atoms with Crippen LogP contribution in [0.5, 0.6) is 28.7 Å². The predicted molar refractivity (Wildman–Crippen MR) is 146 cm³/mol. The van der Waals surface area contributed by atoms with Gasteiger partial charge in [0.25, 0.3) is 0 Å². The van der Waals surface area contributed by atoms with Crippen LogP contribution in [0.4, 0.5) is 0 Å². The highest BCUT2D eigenvalue weighted by Crippen LogP contribution is 2.44. The van der Waals surface area contributed by atoms with E-state index >= 15 is 0 Å². The number of hydrogen-bond donors (Lipinski definition) is 0. The van der Waals surface area contributed by atoms with E-state index in [1.165, 1.54) is 13.4 Å². The fourth-order valence-electron chi connectivity index (χ4n) is 4.76. The van der Waals surface area contributed by atoms with Gasteiger partial charge in [0.15, 0.2) is 23.0 Å². The topological polar surface area (TPSA) is 93.4 Å². The first kappa shape index (κ1) is 25.9. The van der Waals surface area contributed by atoms with Gasteiger partial charge < -0.3 is 28.1 Å². The molecule has 0 radical (unpaired) electrons. The molecule has 8 heteroatoms. The van der Waals surface area contributed by atoms with Crippen LogP contribution >= 0.6 is 0 Å². The molecule has 200 valence electrons. The third-order valence-electron chi connectivity index (χ3n) is 6.64. The van der Waals surface area contributed by atoms with Crippen molar-refractivity contribution in [3.8, 4) is 39.9 Å². The lowest BCUT2D eigenvalue weighted by Gasteiger charge is -2.26. The SMILES string of the molecule is C=C(C)COc1ccc([C@@H]2CC(=O)Oc3ccc4c(=O)c(-c5ccc(OC)c(OC)c5)coc4c32)cc1OC. The van der Waals surface area contributed by atoms with E-state index in [9.17, 15) is 9.59 Å². The lowest BCUT2D eigenvalue weighted by molar-refractivity contribution is -0.135. The van der Waals surface area contributed by atoms with E-state index < -0.39 is 5.92 Å². The number of carbonyl (C=O) groups is 1. The van der Waals surface area contributed by atoms with Crippen LogP contribution in [-0.4, -0.2) is 33.9 Å².